The fourth-order valence-corrected chi connectivity index (χ4v) is 2.66. The highest BCUT2D eigenvalue weighted by atomic mass is 15.2. The number of nitrogens with zero attached hydrogens (tertiary/aromatic N) is 4. The van der Waals surface area contributed by atoms with Gasteiger partial charge in [-0.1, -0.05) is 0 Å². The molecule has 1 N–H and O–H groups in total. The summed E-state index contributed by atoms with van der Waals surface area (Å²) in [6.07, 6.45) is 4.45. The van der Waals surface area contributed by atoms with Crippen LogP contribution in [0.2, 0.25) is 0 Å². The van der Waals surface area contributed by atoms with Gasteiger partial charge in [-0.05, 0) is 45.8 Å². The highest BCUT2D eigenvalue weighted by Gasteiger charge is 2.19. The molecule has 5 nitrogen and oxygen atoms in total. The molecule has 1 saturated heterocycles. The van der Waals surface area contributed by atoms with Crippen molar-refractivity contribution in [2.45, 2.75) is 19.8 Å². The average Bonchev–Trinajstić information content (AvgIpc) is 2.42. The van der Waals surface area contributed by atoms with Crippen molar-refractivity contribution in [3.8, 4) is 0 Å². The van der Waals surface area contributed by atoms with Crippen LogP contribution in [0.15, 0.2) is 6.20 Å². The van der Waals surface area contributed by atoms with Crippen LogP contribution in [-0.2, 0) is 0 Å². The largest absolute Gasteiger partial charge is 0.359 e. The third-order valence-electron chi connectivity index (χ3n) is 3.90. The lowest BCUT2D eigenvalue weighted by Crippen LogP contribution is -2.36. The predicted octanol–water partition coefficient (Wildman–Crippen LogP) is 1.60. The van der Waals surface area contributed by atoms with E-state index in [0.717, 1.165) is 23.8 Å². The molecule has 5 heteroatoms. The van der Waals surface area contributed by atoms with E-state index in [4.69, 9.17) is 0 Å². The SMILES string of the molecule is CNc1ncc(C)c(N(C)CC2CCN(C)CC2)n1. The number of anilines is 2. The molecule has 0 saturated carbocycles. The van der Waals surface area contributed by atoms with Crippen molar-refractivity contribution in [2.75, 3.05) is 51.0 Å². The first-order valence-corrected chi connectivity index (χ1v) is 7.01. The Morgan fingerprint density at radius 3 is 2.74 bits per heavy atom. The van der Waals surface area contributed by atoms with Gasteiger partial charge in [0.2, 0.25) is 5.95 Å². The fourth-order valence-electron chi connectivity index (χ4n) is 2.66. The van der Waals surface area contributed by atoms with Gasteiger partial charge in [-0.3, -0.25) is 0 Å². The van der Waals surface area contributed by atoms with E-state index in [0.29, 0.717) is 5.95 Å². The van der Waals surface area contributed by atoms with Crippen LogP contribution in [0.1, 0.15) is 18.4 Å². The number of piperidine rings is 1. The Balaban J connectivity index is 2.01. The summed E-state index contributed by atoms with van der Waals surface area (Å²) < 4.78 is 0. The molecule has 0 bridgehead atoms. The zero-order valence-corrected chi connectivity index (χ0v) is 12.5. The van der Waals surface area contributed by atoms with Gasteiger partial charge in [0, 0.05) is 32.4 Å². The maximum absolute atomic E-state index is 4.56. The molecule has 19 heavy (non-hydrogen) atoms. The molecule has 0 spiro atoms. The quantitative estimate of drug-likeness (QED) is 0.894. The summed E-state index contributed by atoms with van der Waals surface area (Å²) in [4.78, 5) is 13.5. The Morgan fingerprint density at radius 1 is 1.42 bits per heavy atom. The lowest BCUT2D eigenvalue weighted by molar-refractivity contribution is 0.222. The third-order valence-corrected chi connectivity index (χ3v) is 3.90. The molecule has 1 aliphatic heterocycles. The zero-order valence-electron chi connectivity index (χ0n) is 12.5. The van der Waals surface area contributed by atoms with E-state index in [-0.39, 0.29) is 0 Å². The van der Waals surface area contributed by atoms with Crippen LogP contribution < -0.4 is 10.2 Å². The Labute approximate surface area is 116 Å². The number of hydrogen-bond donors (Lipinski definition) is 1. The van der Waals surface area contributed by atoms with Crippen LogP contribution in [0.25, 0.3) is 0 Å². The molecule has 2 heterocycles. The molecule has 0 unspecified atom stereocenters. The molecule has 0 atom stereocenters. The second kappa shape index (κ2) is 6.19. The number of aryl methyl sites for hydroxylation is 1. The maximum Gasteiger partial charge on any atom is 0.224 e. The molecule has 1 fully saturated rings. The highest BCUT2D eigenvalue weighted by molar-refractivity contribution is 5.48. The van der Waals surface area contributed by atoms with E-state index in [1.54, 1.807) is 0 Å². The maximum atomic E-state index is 4.56. The zero-order chi connectivity index (χ0) is 13.8. The van der Waals surface area contributed by atoms with E-state index in [1.165, 1.54) is 25.9 Å². The van der Waals surface area contributed by atoms with Crippen molar-refractivity contribution in [1.29, 1.82) is 0 Å². The van der Waals surface area contributed by atoms with Crippen LogP contribution in [0, 0.1) is 12.8 Å². The summed E-state index contributed by atoms with van der Waals surface area (Å²) in [7, 11) is 6.19. The second-order valence-corrected chi connectivity index (χ2v) is 5.58. The minimum Gasteiger partial charge on any atom is -0.359 e. The number of nitrogens with one attached hydrogen (secondary N) is 1. The molecule has 1 aliphatic rings. The van der Waals surface area contributed by atoms with E-state index >= 15 is 0 Å². The van der Waals surface area contributed by atoms with Crippen LogP contribution in [0.4, 0.5) is 11.8 Å². The van der Waals surface area contributed by atoms with Crippen molar-refractivity contribution in [2.24, 2.45) is 5.92 Å². The van der Waals surface area contributed by atoms with Crippen molar-refractivity contribution in [3.63, 3.8) is 0 Å². The Hall–Kier alpha value is -1.36. The van der Waals surface area contributed by atoms with E-state index < -0.39 is 0 Å². The number of hydrogen-bond acceptors (Lipinski definition) is 5. The van der Waals surface area contributed by atoms with Gasteiger partial charge in [0.15, 0.2) is 0 Å². The van der Waals surface area contributed by atoms with E-state index in [1.807, 2.05) is 13.2 Å². The van der Waals surface area contributed by atoms with Gasteiger partial charge in [0.25, 0.3) is 0 Å². The number of likely N-dealkylation sites (tertiary alicyclic amines) is 1. The van der Waals surface area contributed by atoms with Gasteiger partial charge in [-0.25, -0.2) is 4.98 Å². The minimum absolute atomic E-state index is 0.691. The van der Waals surface area contributed by atoms with E-state index in [2.05, 4.69) is 46.1 Å². The fraction of sp³-hybridized carbons (Fsp3) is 0.714. The van der Waals surface area contributed by atoms with Gasteiger partial charge in [0.1, 0.15) is 5.82 Å². The Kier molecular flexibility index (Phi) is 4.58. The predicted molar refractivity (Wildman–Crippen MR) is 79.8 cm³/mol. The molecule has 2 rings (SSSR count). The molecule has 1 aromatic rings. The summed E-state index contributed by atoms with van der Waals surface area (Å²) in [5.41, 5.74) is 1.13. The van der Waals surface area contributed by atoms with Crippen molar-refractivity contribution >= 4 is 11.8 Å². The summed E-state index contributed by atoms with van der Waals surface area (Å²) in [5, 5.41) is 3.00. The van der Waals surface area contributed by atoms with E-state index in [9.17, 15) is 0 Å². The normalized spacial score (nSPS) is 17.5. The van der Waals surface area contributed by atoms with Gasteiger partial charge in [0.05, 0.1) is 0 Å². The molecular formula is C14H25N5. The van der Waals surface area contributed by atoms with Crippen LogP contribution >= 0.6 is 0 Å². The molecule has 0 amide bonds. The summed E-state index contributed by atoms with van der Waals surface area (Å²) in [5.74, 6) is 2.50. The lowest BCUT2D eigenvalue weighted by Gasteiger charge is -2.32. The topological polar surface area (TPSA) is 44.3 Å². The highest BCUT2D eigenvalue weighted by Crippen LogP contribution is 2.22. The second-order valence-electron chi connectivity index (χ2n) is 5.58. The summed E-state index contributed by atoms with van der Waals surface area (Å²) in [6.45, 7) is 5.57. The van der Waals surface area contributed by atoms with Crippen LogP contribution in [0.3, 0.4) is 0 Å². The average molecular weight is 263 g/mol. The van der Waals surface area contributed by atoms with Gasteiger partial charge >= 0.3 is 0 Å². The summed E-state index contributed by atoms with van der Waals surface area (Å²) >= 11 is 0. The van der Waals surface area contributed by atoms with Gasteiger partial charge < -0.3 is 15.1 Å². The standard InChI is InChI=1S/C14H25N5/c1-11-9-16-14(15-2)17-13(11)19(4)10-12-5-7-18(3)8-6-12/h9,12H,5-8,10H2,1-4H3,(H,15,16,17). The summed E-state index contributed by atoms with van der Waals surface area (Å²) in [6, 6.07) is 0. The molecule has 0 aliphatic carbocycles. The van der Waals surface area contributed by atoms with Gasteiger partial charge in [-0.2, -0.15) is 4.98 Å². The molecular weight excluding hydrogens is 238 g/mol. The first-order valence-electron chi connectivity index (χ1n) is 7.01. The Bertz CT molecular complexity index is 412. The van der Waals surface area contributed by atoms with Crippen LogP contribution in [0.5, 0.6) is 0 Å². The molecule has 0 radical (unpaired) electrons. The van der Waals surface area contributed by atoms with Crippen molar-refractivity contribution < 1.29 is 0 Å². The van der Waals surface area contributed by atoms with Crippen molar-refractivity contribution in [1.82, 2.24) is 14.9 Å². The lowest BCUT2D eigenvalue weighted by atomic mass is 9.96. The number of rotatable bonds is 4. The smallest absolute Gasteiger partial charge is 0.224 e. The minimum atomic E-state index is 0.691. The third kappa shape index (κ3) is 3.56. The molecule has 106 valence electrons. The number of aromatic nitrogens is 2. The molecule has 0 aromatic carbocycles. The van der Waals surface area contributed by atoms with Crippen LogP contribution in [-0.4, -0.2) is 55.6 Å². The molecule has 1 aromatic heterocycles. The van der Waals surface area contributed by atoms with Gasteiger partial charge in [-0.15, -0.1) is 0 Å². The Morgan fingerprint density at radius 2 is 2.11 bits per heavy atom. The monoisotopic (exact) mass is 263 g/mol. The first-order chi connectivity index (χ1) is 9.10. The van der Waals surface area contributed by atoms with Crippen molar-refractivity contribution in [3.05, 3.63) is 11.8 Å². The first kappa shape index (κ1) is 14.1.